The molecule has 2 rings (SSSR count). The lowest BCUT2D eigenvalue weighted by molar-refractivity contribution is 0.0911. The smallest absolute Gasteiger partial charge is 0.130 e. The zero-order valence-electron chi connectivity index (χ0n) is 10.4. The molecule has 17 heavy (non-hydrogen) atoms. The Morgan fingerprint density at radius 2 is 2.06 bits per heavy atom. The van der Waals surface area contributed by atoms with E-state index < -0.39 is 5.60 Å². The van der Waals surface area contributed by atoms with Crippen LogP contribution in [0, 0.1) is 6.92 Å². The highest BCUT2D eigenvalue weighted by Gasteiger charge is 2.30. The second-order valence-corrected chi connectivity index (χ2v) is 4.32. The average molecular weight is 231 g/mol. The molecule has 1 unspecified atom stereocenters. The maximum atomic E-state index is 10.7. The maximum Gasteiger partial charge on any atom is 0.130 e. The van der Waals surface area contributed by atoms with Gasteiger partial charge in [0.25, 0.3) is 0 Å². The summed E-state index contributed by atoms with van der Waals surface area (Å²) in [5, 5.41) is 18.6. The lowest BCUT2D eigenvalue weighted by atomic mass is 9.89. The highest BCUT2D eigenvalue weighted by atomic mass is 16.3. The van der Waals surface area contributed by atoms with Crippen LogP contribution >= 0.6 is 0 Å². The van der Waals surface area contributed by atoms with Crippen molar-refractivity contribution < 1.29 is 5.11 Å². The van der Waals surface area contributed by atoms with Crippen LogP contribution < -0.4 is 0 Å². The van der Waals surface area contributed by atoms with Gasteiger partial charge in [0.15, 0.2) is 0 Å². The number of hydrogen-bond donors (Lipinski definition) is 1. The third kappa shape index (κ3) is 1.96. The summed E-state index contributed by atoms with van der Waals surface area (Å²) in [5.41, 5.74) is 1.60. The van der Waals surface area contributed by atoms with Crippen molar-refractivity contribution in [1.29, 1.82) is 0 Å². The number of nitrogens with zero attached hydrogens (tertiary/aromatic N) is 3. The van der Waals surface area contributed by atoms with E-state index in [4.69, 9.17) is 0 Å². The molecule has 2 aromatic rings. The fourth-order valence-electron chi connectivity index (χ4n) is 2.13. The first-order chi connectivity index (χ1) is 8.07. The summed E-state index contributed by atoms with van der Waals surface area (Å²) < 4.78 is 1.71. The number of aliphatic hydroxyl groups is 1. The van der Waals surface area contributed by atoms with Crippen LogP contribution in [0.4, 0.5) is 0 Å². The maximum absolute atomic E-state index is 10.7. The minimum absolute atomic E-state index is 0.692. The molecular weight excluding hydrogens is 214 g/mol. The molecule has 0 aliphatic rings. The quantitative estimate of drug-likeness (QED) is 0.877. The minimum Gasteiger partial charge on any atom is -0.379 e. The Hall–Kier alpha value is -1.68. The van der Waals surface area contributed by atoms with Crippen molar-refractivity contribution in [3.63, 3.8) is 0 Å². The van der Waals surface area contributed by atoms with Crippen molar-refractivity contribution in [1.82, 2.24) is 15.0 Å². The Labute approximate surface area is 101 Å². The molecule has 0 radical (unpaired) electrons. The molecule has 90 valence electrons. The highest BCUT2D eigenvalue weighted by molar-refractivity contribution is 5.36. The SMILES string of the molecule is CCn1nncc1C(C)(O)c1ccccc1C. The summed E-state index contributed by atoms with van der Waals surface area (Å²) in [5.74, 6) is 0. The van der Waals surface area contributed by atoms with Gasteiger partial charge < -0.3 is 5.11 Å². The highest BCUT2D eigenvalue weighted by Crippen LogP contribution is 2.30. The first kappa shape index (κ1) is 11.8. The van der Waals surface area contributed by atoms with Gasteiger partial charge in [-0.2, -0.15) is 0 Å². The predicted molar refractivity (Wildman–Crippen MR) is 65.5 cm³/mol. The van der Waals surface area contributed by atoms with Crippen LogP contribution in [0.25, 0.3) is 0 Å². The van der Waals surface area contributed by atoms with Crippen molar-refractivity contribution in [2.75, 3.05) is 0 Å². The van der Waals surface area contributed by atoms with Gasteiger partial charge in [-0.3, -0.25) is 0 Å². The number of aromatic nitrogens is 3. The molecule has 0 aliphatic carbocycles. The van der Waals surface area contributed by atoms with Crippen LogP contribution in [0.15, 0.2) is 30.5 Å². The van der Waals surface area contributed by atoms with Gasteiger partial charge in [-0.25, -0.2) is 4.68 Å². The summed E-state index contributed by atoms with van der Waals surface area (Å²) in [6, 6.07) is 7.81. The third-order valence-corrected chi connectivity index (χ3v) is 3.09. The van der Waals surface area contributed by atoms with E-state index in [0.29, 0.717) is 12.2 Å². The molecule has 0 spiro atoms. The van der Waals surface area contributed by atoms with Crippen molar-refractivity contribution in [3.8, 4) is 0 Å². The number of hydrogen-bond acceptors (Lipinski definition) is 3. The van der Waals surface area contributed by atoms with Crippen molar-refractivity contribution in [2.24, 2.45) is 0 Å². The van der Waals surface area contributed by atoms with Crippen LogP contribution in [0.3, 0.4) is 0 Å². The molecule has 4 nitrogen and oxygen atoms in total. The lowest BCUT2D eigenvalue weighted by Gasteiger charge is -2.25. The van der Waals surface area contributed by atoms with Gasteiger partial charge >= 0.3 is 0 Å². The first-order valence-electron chi connectivity index (χ1n) is 5.74. The molecular formula is C13H17N3O. The largest absolute Gasteiger partial charge is 0.379 e. The first-order valence-corrected chi connectivity index (χ1v) is 5.74. The van der Waals surface area contributed by atoms with Crippen molar-refractivity contribution in [2.45, 2.75) is 32.9 Å². The Morgan fingerprint density at radius 3 is 2.71 bits per heavy atom. The van der Waals surface area contributed by atoms with Crippen LogP contribution in [0.1, 0.15) is 30.7 Å². The fourth-order valence-corrected chi connectivity index (χ4v) is 2.13. The van der Waals surface area contributed by atoms with Gasteiger partial charge in [0.1, 0.15) is 5.60 Å². The molecule has 0 saturated heterocycles. The molecule has 0 saturated carbocycles. The normalized spacial score (nSPS) is 14.6. The molecule has 4 heteroatoms. The molecule has 1 heterocycles. The van der Waals surface area contributed by atoms with E-state index in [1.807, 2.05) is 38.1 Å². The molecule has 0 fully saturated rings. The van der Waals surface area contributed by atoms with Gasteiger partial charge in [-0.1, -0.05) is 29.5 Å². The standard InChI is InChI=1S/C13H17N3O/c1-4-16-12(9-14-15-16)13(3,17)11-8-6-5-7-10(11)2/h5-9,17H,4H2,1-3H3. The molecule has 1 aromatic heterocycles. The van der Waals surface area contributed by atoms with Crippen LogP contribution in [0.2, 0.25) is 0 Å². The Kier molecular flexibility index (Phi) is 2.98. The molecule has 1 N–H and O–H groups in total. The van der Waals surface area contributed by atoms with E-state index in [2.05, 4.69) is 10.3 Å². The molecule has 1 aromatic carbocycles. The van der Waals surface area contributed by atoms with Crippen molar-refractivity contribution in [3.05, 3.63) is 47.3 Å². The van der Waals surface area contributed by atoms with Gasteiger partial charge in [-0.15, -0.1) is 5.10 Å². The van der Waals surface area contributed by atoms with Crippen LogP contribution in [0.5, 0.6) is 0 Å². The average Bonchev–Trinajstić information content (AvgIpc) is 2.78. The van der Waals surface area contributed by atoms with E-state index >= 15 is 0 Å². The predicted octanol–water partition coefficient (Wildman–Crippen LogP) is 1.86. The second kappa shape index (κ2) is 4.30. The summed E-state index contributed by atoms with van der Waals surface area (Å²) in [7, 11) is 0. The topological polar surface area (TPSA) is 50.9 Å². The second-order valence-electron chi connectivity index (χ2n) is 4.32. The lowest BCUT2D eigenvalue weighted by Crippen LogP contribution is -2.27. The van der Waals surface area contributed by atoms with E-state index in [-0.39, 0.29) is 0 Å². The zero-order chi connectivity index (χ0) is 12.5. The number of aryl methyl sites for hydroxylation is 2. The third-order valence-electron chi connectivity index (χ3n) is 3.09. The Balaban J connectivity index is 2.53. The van der Waals surface area contributed by atoms with Crippen LogP contribution in [-0.2, 0) is 12.1 Å². The Morgan fingerprint density at radius 1 is 1.35 bits per heavy atom. The van der Waals surface area contributed by atoms with Gasteiger partial charge in [-0.05, 0) is 31.9 Å². The fraction of sp³-hybridized carbons (Fsp3) is 0.385. The van der Waals surface area contributed by atoms with E-state index in [1.165, 1.54) is 0 Å². The molecule has 1 atom stereocenters. The van der Waals surface area contributed by atoms with Gasteiger partial charge in [0.2, 0.25) is 0 Å². The Bertz CT molecular complexity index is 517. The van der Waals surface area contributed by atoms with Gasteiger partial charge in [0, 0.05) is 6.54 Å². The number of rotatable bonds is 3. The van der Waals surface area contributed by atoms with Gasteiger partial charge in [0.05, 0.1) is 11.9 Å². The van der Waals surface area contributed by atoms with E-state index in [0.717, 1.165) is 11.1 Å². The summed E-state index contributed by atoms with van der Waals surface area (Å²) in [6.45, 7) is 6.44. The summed E-state index contributed by atoms with van der Waals surface area (Å²) in [6.07, 6.45) is 1.62. The molecule has 0 bridgehead atoms. The van der Waals surface area contributed by atoms with E-state index in [9.17, 15) is 5.11 Å². The summed E-state index contributed by atoms with van der Waals surface area (Å²) in [4.78, 5) is 0. The van der Waals surface area contributed by atoms with E-state index in [1.54, 1.807) is 17.8 Å². The molecule has 0 amide bonds. The minimum atomic E-state index is -1.06. The zero-order valence-corrected chi connectivity index (χ0v) is 10.4. The molecule has 0 aliphatic heterocycles. The van der Waals surface area contributed by atoms with Crippen molar-refractivity contribution >= 4 is 0 Å². The summed E-state index contributed by atoms with van der Waals surface area (Å²) >= 11 is 0. The van der Waals surface area contributed by atoms with Crippen LogP contribution in [-0.4, -0.2) is 20.1 Å². The number of benzene rings is 1. The monoisotopic (exact) mass is 231 g/mol.